The van der Waals surface area contributed by atoms with E-state index in [2.05, 4.69) is 15.9 Å². The molecule has 3 N–H and O–H groups in total. The molecule has 2 atom stereocenters. The van der Waals surface area contributed by atoms with Gasteiger partial charge in [0.25, 0.3) is 0 Å². The van der Waals surface area contributed by atoms with Crippen LogP contribution < -0.4 is 10.5 Å². The first-order valence-corrected chi connectivity index (χ1v) is 7.41. The van der Waals surface area contributed by atoms with Gasteiger partial charge in [-0.05, 0) is 30.2 Å². The molecule has 0 bridgehead atoms. The van der Waals surface area contributed by atoms with E-state index in [1.807, 2.05) is 30.3 Å². The molecule has 3 nitrogen and oxygen atoms in total. The highest BCUT2D eigenvalue weighted by Crippen LogP contribution is 2.22. The summed E-state index contributed by atoms with van der Waals surface area (Å²) >= 11 is 3.24. The molecule has 2 aromatic carbocycles. The van der Waals surface area contributed by atoms with Gasteiger partial charge in [-0.3, -0.25) is 0 Å². The van der Waals surface area contributed by atoms with Crippen LogP contribution in [0, 0.1) is 5.82 Å². The summed E-state index contributed by atoms with van der Waals surface area (Å²) in [6, 6.07) is 13.6. The molecule has 112 valence electrons. The van der Waals surface area contributed by atoms with Crippen molar-refractivity contribution < 1.29 is 14.2 Å². The van der Waals surface area contributed by atoms with Crippen LogP contribution in [-0.2, 0) is 6.42 Å². The molecule has 0 aliphatic carbocycles. The summed E-state index contributed by atoms with van der Waals surface area (Å²) < 4.78 is 19.5. The molecule has 2 aromatic rings. The number of rotatable bonds is 6. The second kappa shape index (κ2) is 7.54. The fraction of sp³-hybridized carbons (Fsp3) is 0.250. The van der Waals surface area contributed by atoms with E-state index in [-0.39, 0.29) is 12.4 Å². The third-order valence-corrected chi connectivity index (χ3v) is 3.60. The van der Waals surface area contributed by atoms with Crippen LogP contribution in [0.1, 0.15) is 5.56 Å². The zero-order chi connectivity index (χ0) is 15.2. The minimum atomic E-state index is -0.872. The number of benzene rings is 2. The van der Waals surface area contributed by atoms with E-state index in [0.29, 0.717) is 10.9 Å². The Morgan fingerprint density at radius 2 is 1.90 bits per heavy atom. The van der Waals surface area contributed by atoms with Crippen molar-refractivity contribution in [3.63, 3.8) is 0 Å². The van der Waals surface area contributed by atoms with Crippen molar-refractivity contribution in [1.29, 1.82) is 0 Å². The molecule has 5 heteroatoms. The van der Waals surface area contributed by atoms with Crippen LogP contribution in [-0.4, -0.2) is 23.9 Å². The van der Waals surface area contributed by atoms with Crippen molar-refractivity contribution in [2.24, 2.45) is 5.73 Å². The van der Waals surface area contributed by atoms with Crippen molar-refractivity contribution in [3.8, 4) is 5.75 Å². The van der Waals surface area contributed by atoms with Gasteiger partial charge in [0.2, 0.25) is 0 Å². The SMILES string of the molecule is NC(Cc1ccccc1)C(O)COc1cc(Br)ccc1F. The molecule has 0 saturated carbocycles. The Morgan fingerprint density at radius 1 is 1.19 bits per heavy atom. The maximum absolute atomic E-state index is 13.5. The van der Waals surface area contributed by atoms with Gasteiger partial charge in [0.15, 0.2) is 11.6 Å². The molecule has 2 rings (SSSR count). The fourth-order valence-corrected chi connectivity index (χ4v) is 2.25. The molecule has 0 aromatic heterocycles. The topological polar surface area (TPSA) is 55.5 Å². The third-order valence-electron chi connectivity index (χ3n) is 3.11. The van der Waals surface area contributed by atoms with Crippen molar-refractivity contribution in [2.75, 3.05) is 6.61 Å². The summed E-state index contributed by atoms with van der Waals surface area (Å²) in [5.74, 6) is -0.377. The molecule has 0 aliphatic rings. The van der Waals surface area contributed by atoms with Crippen LogP contribution in [0.15, 0.2) is 53.0 Å². The van der Waals surface area contributed by atoms with Crippen molar-refractivity contribution in [3.05, 3.63) is 64.4 Å². The minimum Gasteiger partial charge on any atom is -0.488 e. The Bertz CT molecular complexity index is 580. The van der Waals surface area contributed by atoms with Gasteiger partial charge in [-0.1, -0.05) is 46.3 Å². The number of hydrogen-bond donors (Lipinski definition) is 2. The number of aliphatic hydroxyl groups excluding tert-OH is 1. The highest BCUT2D eigenvalue weighted by molar-refractivity contribution is 9.10. The standard InChI is InChI=1S/C16H17BrFNO2/c17-12-6-7-13(18)16(9-12)21-10-15(20)14(19)8-11-4-2-1-3-5-11/h1-7,9,14-15,20H,8,10,19H2. The average molecular weight is 354 g/mol. The second-order valence-corrected chi connectivity index (χ2v) is 5.72. The normalized spacial score (nSPS) is 13.7. The number of nitrogens with two attached hydrogens (primary N) is 1. The zero-order valence-electron chi connectivity index (χ0n) is 11.4. The fourth-order valence-electron chi connectivity index (χ4n) is 1.91. The third kappa shape index (κ3) is 4.81. The van der Waals surface area contributed by atoms with Crippen molar-refractivity contribution >= 4 is 15.9 Å². The Balaban J connectivity index is 1.89. The summed E-state index contributed by atoms with van der Waals surface area (Å²) in [7, 11) is 0. The van der Waals surface area contributed by atoms with E-state index in [0.717, 1.165) is 5.56 Å². The minimum absolute atomic E-state index is 0.0542. The summed E-state index contributed by atoms with van der Waals surface area (Å²) in [5, 5.41) is 10.0. The van der Waals surface area contributed by atoms with E-state index >= 15 is 0 Å². The predicted molar refractivity (Wildman–Crippen MR) is 83.7 cm³/mol. The van der Waals surface area contributed by atoms with Crippen molar-refractivity contribution in [2.45, 2.75) is 18.6 Å². The highest BCUT2D eigenvalue weighted by Gasteiger charge is 2.17. The quantitative estimate of drug-likeness (QED) is 0.839. The predicted octanol–water partition coefficient (Wildman–Crippen LogP) is 2.90. The van der Waals surface area contributed by atoms with Gasteiger partial charge in [-0.15, -0.1) is 0 Å². The lowest BCUT2D eigenvalue weighted by Gasteiger charge is -2.19. The lowest BCUT2D eigenvalue weighted by Crippen LogP contribution is -2.40. The summed E-state index contributed by atoms with van der Waals surface area (Å²) in [4.78, 5) is 0. The molecular formula is C16H17BrFNO2. The first kappa shape index (κ1) is 15.9. The van der Waals surface area contributed by atoms with E-state index in [1.165, 1.54) is 12.1 Å². The van der Waals surface area contributed by atoms with Crippen LogP contribution in [0.2, 0.25) is 0 Å². The number of aliphatic hydroxyl groups is 1. The molecule has 2 unspecified atom stereocenters. The van der Waals surface area contributed by atoms with E-state index in [9.17, 15) is 9.50 Å². The first-order valence-electron chi connectivity index (χ1n) is 6.61. The molecule has 21 heavy (non-hydrogen) atoms. The Labute approximate surface area is 131 Å². The molecule has 0 saturated heterocycles. The molecule has 0 heterocycles. The van der Waals surface area contributed by atoms with Crippen LogP contribution in [0.4, 0.5) is 4.39 Å². The first-order chi connectivity index (χ1) is 10.1. The number of halogens is 2. The van der Waals surface area contributed by atoms with Gasteiger partial charge in [0.05, 0.1) is 0 Å². The van der Waals surface area contributed by atoms with Gasteiger partial charge in [0.1, 0.15) is 12.7 Å². The van der Waals surface area contributed by atoms with Gasteiger partial charge in [-0.2, -0.15) is 0 Å². The molecule has 0 amide bonds. The number of hydrogen-bond acceptors (Lipinski definition) is 3. The lowest BCUT2D eigenvalue weighted by molar-refractivity contribution is 0.0832. The molecule has 0 fully saturated rings. The van der Waals surface area contributed by atoms with Gasteiger partial charge >= 0.3 is 0 Å². The molecular weight excluding hydrogens is 337 g/mol. The average Bonchev–Trinajstić information content (AvgIpc) is 2.49. The van der Waals surface area contributed by atoms with Crippen LogP contribution in [0.25, 0.3) is 0 Å². The maximum Gasteiger partial charge on any atom is 0.165 e. The van der Waals surface area contributed by atoms with Crippen LogP contribution in [0.5, 0.6) is 5.75 Å². The van der Waals surface area contributed by atoms with E-state index in [1.54, 1.807) is 6.07 Å². The Hall–Kier alpha value is -1.43. The van der Waals surface area contributed by atoms with E-state index in [4.69, 9.17) is 10.5 Å². The Kier molecular flexibility index (Phi) is 5.73. The van der Waals surface area contributed by atoms with Crippen molar-refractivity contribution in [1.82, 2.24) is 0 Å². The van der Waals surface area contributed by atoms with Crippen LogP contribution >= 0.6 is 15.9 Å². The molecule has 0 radical (unpaired) electrons. The summed E-state index contributed by atoms with van der Waals surface area (Å²) in [5.41, 5.74) is 6.99. The summed E-state index contributed by atoms with van der Waals surface area (Å²) in [6.45, 7) is -0.0542. The van der Waals surface area contributed by atoms with Crippen LogP contribution in [0.3, 0.4) is 0 Å². The summed E-state index contributed by atoms with van der Waals surface area (Å²) in [6.07, 6.45) is -0.338. The van der Waals surface area contributed by atoms with E-state index < -0.39 is 18.0 Å². The monoisotopic (exact) mass is 353 g/mol. The number of ether oxygens (including phenoxy) is 1. The molecule has 0 spiro atoms. The zero-order valence-corrected chi connectivity index (χ0v) is 13.0. The van der Waals surface area contributed by atoms with Gasteiger partial charge in [0, 0.05) is 10.5 Å². The largest absolute Gasteiger partial charge is 0.488 e. The smallest absolute Gasteiger partial charge is 0.165 e. The highest BCUT2D eigenvalue weighted by atomic mass is 79.9. The molecule has 0 aliphatic heterocycles. The second-order valence-electron chi connectivity index (χ2n) is 4.81. The Morgan fingerprint density at radius 3 is 2.62 bits per heavy atom. The van der Waals surface area contributed by atoms with Gasteiger partial charge in [-0.25, -0.2) is 4.39 Å². The van der Waals surface area contributed by atoms with Gasteiger partial charge < -0.3 is 15.6 Å². The lowest BCUT2D eigenvalue weighted by atomic mass is 10.0. The maximum atomic E-state index is 13.5.